The van der Waals surface area contributed by atoms with Crippen LogP contribution in [0.1, 0.15) is 25.7 Å². The number of pyridine rings is 1. The minimum Gasteiger partial charge on any atom is -0.479 e. The van der Waals surface area contributed by atoms with Crippen molar-refractivity contribution in [2.24, 2.45) is 5.73 Å². The minimum atomic E-state index is 0.311. The van der Waals surface area contributed by atoms with Crippen LogP contribution < -0.4 is 15.4 Å². The summed E-state index contributed by atoms with van der Waals surface area (Å²) in [5.74, 6) is 1.43. The highest BCUT2D eigenvalue weighted by atomic mass is 16.5. The number of ether oxygens (including phenoxy) is 1. The Morgan fingerprint density at radius 2 is 1.82 bits per heavy atom. The Hall–Kier alpha value is -3.00. The van der Waals surface area contributed by atoms with Crippen LogP contribution in [0.25, 0.3) is 17.1 Å². The van der Waals surface area contributed by atoms with Gasteiger partial charge in [0.2, 0.25) is 5.88 Å². The average molecular weight is 377 g/mol. The van der Waals surface area contributed by atoms with E-state index in [0.29, 0.717) is 24.0 Å². The van der Waals surface area contributed by atoms with Crippen LogP contribution in [0.15, 0.2) is 42.7 Å². The summed E-state index contributed by atoms with van der Waals surface area (Å²) < 4.78 is 7.18. The molecule has 2 saturated heterocycles. The number of hydrogen-bond donors (Lipinski definition) is 1. The Morgan fingerprint density at radius 3 is 2.46 bits per heavy atom. The second-order valence-corrected chi connectivity index (χ2v) is 7.48. The molecule has 2 aliphatic heterocycles. The molecular weight excluding hydrogens is 354 g/mol. The molecule has 8 nitrogen and oxygen atoms in total. The SMILES string of the molecule is COc1nc(-c2ccc(N3C4CCC3CC(N)C4)nn2)ccc1-n1cccn1. The monoisotopic (exact) mass is 377 g/mol. The molecule has 2 atom stereocenters. The molecule has 0 spiro atoms. The zero-order chi connectivity index (χ0) is 19.1. The number of rotatable bonds is 4. The zero-order valence-electron chi connectivity index (χ0n) is 15.8. The van der Waals surface area contributed by atoms with E-state index in [1.807, 2.05) is 36.5 Å². The summed E-state index contributed by atoms with van der Waals surface area (Å²) in [6.07, 6.45) is 8.02. The molecule has 0 aliphatic carbocycles. The number of piperidine rings is 1. The summed E-state index contributed by atoms with van der Waals surface area (Å²) in [4.78, 5) is 7.01. The number of anilines is 1. The van der Waals surface area contributed by atoms with Crippen LogP contribution in [0.5, 0.6) is 5.88 Å². The molecule has 0 aromatic carbocycles. The summed E-state index contributed by atoms with van der Waals surface area (Å²) in [5.41, 5.74) is 8.40. The minimum absolute atomic E-state index is 0.311. The Kier molecular flexibility index (Phi) is 4.20. The van der Waals surface area contributed by atoms with Gasteiger partial charge in [0.1, 0.15) is 11.4 Å². The van der Waals surface area contributed by atoms with Gasteiger partial charge in [0.05, 0.1) is 12.8 Å². The van der Waals surface area contributed by atoms with Crippen molar-refractivity contribution in [2.75, 3.05) is 12.0 Å². The van der Waals surface area contributed by atoms with Crippen LogP contribution >= 0.6 is 0 Å². The van der Waals surface area contributed by atoms with Crippen molar-refractivity contribution < 1.29 is 4.74 Å². The van der Waals surface area contributed by atoms with Crippen molar-refractivity contribution in [3.8, 4) is 23.0 Å². The van der Waals surface area contributed by atoms with Gasteiger partial charge in [0.25, 0.3) is 0 Å². The number of aromatic nitrogens is 5. The van der Waals surface area contributed by atoms with Gasteiger partial charge >= 0.3 is 0 Å². The Bertz CT molecular complexity index is 943. The first-order valence-electron chi connectivity index (χ1n) is 9.66. The second kappa shape index (κ2) is 6.87. The number of hydrogen-bond acceptors (Lipinski definition) is 7. The van der Waals surface area contributed by atoms with E-state index < -0.39 is 0 Å². The van der Waals surface area contributed by atoms with Gasteiger partial charge in [-0.25, -0.2) is 9.67 Å². The van der Waals surface area contributed by atoms with Crippen molar-refractivity contribution in [3.63, 3.8) is 0 Å². The molecule has 28 heavy (non-hydrogen) atoms. The maximum atomic E-state index is 6.18. The third-order valence-corrected chi connectivity index (χ3v) is 5.73. The van der Waals surface area contributed by atoms with Crippen LogP contribution in [0.3, 0.4) is 0 Å². The molecule has 144 valence electrons. The molecule has 2 N–H and O–H groups in total. The fourth-order valence-corrected chi connectivity index (χ4v) is 4.50. The lowest BCUT2D eigenvalue weighted by Crippen LogP contribution is -2.47. The normalized spacial score (nSPS) is 23.8. The van der Waals surface area contributed by atoms with E-state index in [1.165, 1.54) is 12.8 Å². The molecule has 5 rings (SSSR count). The van der Waals surface area contributed by atoms with E-state index in [2.05, 4.69) is 25.2 Å². The fraction of sp³-hybridized carbons (Fsp3) is 0.400. The van der Waals surface area contributed by atoms with Crippen molar-refractivity contribution in [2.45, 2.75) is 43.8 Å². The number of nitrogens with zero attached hydrogens (tertiary/aromatic N) is 6. The highest BCUT2D eigenvalue weighted by Crippen LogP contribution is 2.38. The highest BCUT2D eigenvalue weighted by molar-refractivity contribution is 5.59. The second-order valence-electron chi connectivity index (χ2n) is 7.48. The molecule has 0 saturated carbocycles. The van der Waals surface area contributed by atoms with E-state index >= 15 is 0 Å². The van der Waals surface area contributed by atoms with Crippen LogP contribution in [-0.2, 0) is 0 Å². The Morgan fingerprint density at radius 1 is 1.04 bits per heavy atom. The molecule has 0 amide bonds. The summed E-state index contributed by atoms with van der Waals surface area (Å²) in [5, 5.41) is 13.2. The lowest BCUT2D eigenvalue weighted by molar-refractivity contribution is 0.395. The third-order valence-electron chi connectivity index (χ3n) is 5.73. The maximum absolute atomic E-state index is 6.18. The van der Waals surface area contributed by atoms with Crippen molar-refractivity contribution in [1.29, 1.82) is 0 Å². The van der Waals surface area contributed by atoms with Gasteiger partial charge in [-0.15, -0.1) is 10.2 Å². The number of fused-ring (bicyclic) bond motifs is 2. The smallest absolute Gasteiger partial charge is 0.240 e. The lowest BCUT2D eigenvalue weighted by Gasteiger charge is -2.38. The largest absolute Gasteiger partial charge is 0.479 e. The molecule has 5 heterocycles. The predicted molar refractivity (Wildman–Crippen MR) is 105 cm³/mol. The van der Waals surface area contributed by atoms with Crippen LogP contribution in [0.2, 0.25) is 0 Å². The van der Waals surface area contributed by atoms with Gasteiger partial charge in [-0.05, 0) is 56.0 Å². The lowest BCUT2D eigenvalue weighted by atomic mass is 9.98. The van der Waals surface area contributed by atoms with Crippen LogP contribution in [0, 0.1) is 0 Å². The molecule has 2 fully saturated rings. The summed E-state index contributed by atoms with van der Waals surface area (Å²) in [7, 11) is 1.60. The van der Waals surface area contributed by atoms with Gasteiger partial charge in [0.15, 0.2) is 5.82 Å². The summed E-state index contributed by atoms with van der Waals surface area (Å²) in [6.45, 7) is 0. The van der Waals surface area contributed by atoms with E-state index in [-0.39, 0.29) is 0 Å². The topological polar surface area (TPSA) is 95.0 Å². The third kappa shape index (κ3) is 2.90. The molecule has 3 aromatic heterocycles. The molecule has 0 radical (unpaired) electrons. The molecule has 2 unspecified atom stereocenters. The molecule has 2 bridgehead atoms. The Labute approximate surface area is 163 Å². The van der Waals surface area contributed by atoms with E-state index in [1.54, 1.807) is 18.0 Å². The average Bonchev–Trinajstić information content (AvgIpc) is 3.34. The van der Waals surface area contributed by atoms with Crippen molar-refractivity contribution >= 4 is 5.82 Å². The quantitative estimate of drug-likeness (QED) is 0.745. The zero-order valence-corrected chi connectivity index (χ0v) is 15.8. The first kappa shape index (κ1) is 17.1. The van der Waals surface area contributed by atoms with Crippen LogP contribution in [-0.4, -0.2) is 50.2 Å². The Balaban J connectivity index is 1.42. The predicted octanol–water partition coefficient (Wildman–Crippen LogP) is 2.19. The molecule has 2 aliphatic rings. The van der Waals surface area contributed by atoms with Crippen molar-refractivity contribution in [1.82, 2.24) is 25.0 Å². The van der Waals surface area contributed by atoms with Crippen LogP contribution in [0.4, 0.5) is 5.82 Å². The first-order chi connectivity index (χ1) is 13.7. The molecule has 8 heteroatoms. The fourth-order valence-electron chi connectivity index (χ4n) is 4.50. The standard InChI is InChI=1S/C20H23N7O/c1-28-20-18(26-10-2-9-22-26)7-5-16(23-20)17-6-8-19(25-24-17)27-14-3-4-15(27)12-13(21)11-14/h2,5-10,13-15H,3-4,11-12,21H2,1H3. The number of methoxy groups -OCH3 is 1. The number of nitrogens with two attached hydrogens (primary N) is 1. The molecular formula is C20H23N7O. The van der Waals surface area contributed by atoms with E-state index in [9.17, 15) is 0 Å². The summed E-state index contributed by atoms with van der Waals surface area (Å²) >= 11 is 0. The highest BCUT2D eigenvalue weighted by Gasteiger charge is 2.40. The van der Waals surface area contributed by atoms with Crippen molar-refractivity contribution in [3.05, 3.63) is 42.7 Å². The van der Waals surface area contributed by atoms with Gasteiger partial charge in [-0.3, -0.25) is 0 Å². The van der Waals surface area contributed by atoms with Gasteiger partial charge in [-0.2, -0.15) is 5.10 Å². The van der Waals surface area contributed by atoms with Gasteiger partial charge in [-0.1, -0.05) is 0 Å². The van der Waals surface area contributed by atoms with Gasteiger partial charge < -0.3 is 15.4 Å². The maximum Gasteiger partial charge on any atom is 0.240 e. The molecule has 3 aromatic rings. The van der Waals surface area contributed by atoms with E-state index in [0.717, 1.165) is 35.7 Å². The van der Waals surface area contributed by atoms with E-state index in [4.69, 9.17) is 10.5 Å². The summed E-state index contributed by atoms with van der Waals surface area (Å²) in [6, 6.07) is 11.0. The van der Waals surface area contributed by atoms with Gasteiger partial charge in [0, 0.05) is 30.5 Å². The first-order valence-corrected chi connectivity index (χ1v) is 9.66.